The molecule has 16 heavy (non-hydrogen) atoms. The van der Waals surface area contributed by atoms with Crippen molar-refractivity contribution in [1.29, 1.82) is 0 Å². The Bertz CT molecular complexity index is 390. The predicted molar refractivity (Wildman–Crippen MR) is 61.5 cm³/mol. The van der Waals surface area contributed by atoms with Crippen LogP contribution in [0.3, 0.4) is 0 Å². The van der Waals surface area contributed by atoms with E-state index in [0.29, 0.717) is 10.7 Å². The van der Waals surface area contributed by atoms with Crippen LogP contribution in [0.1, 0.15) is 24.4 Å². The fourth-order valence-corrected chi connectivity index (χ4v) is 1.58. The van der Waals surface area contributed by atoms with E-state index < -0.39 is 6.04 Å². The van der Waals surface area contributed by atoms with Crippen molar-refractivity contribution >= 4 is 17.5 Å². The summed E-state index contributed by atoms with van der Waals surface area (Å²) in [6.07, 6.45) is 0. The molecule has 5 nitrogen and oxygen atoms in total. The van der Waals surface area contributed by atoms with Gasteiger partial charge in [-0.2, -0.15) is 5.10 Å². The first-order chi connectivity index (χ1) is 7.49. The molecule has 1 rings (SSSR count). The van der Waals surface area contributed by atoms with Crippen molar-refractivity contribution < 1.29 is 9.90 Å². The standard InChI is InChI=1S/C10H16ClN3O2/c1-6-9(11)7(2)14(13-6)8(3)10(16)12-4-5-15/h8,15H,4-5H2,1-3H3,(H,12,16). The first-order valence-corrected chi connectivity index (χ1v) is 5.46. The molecule has 90 valence electrons. The largest absolute Gasteiger partial charge is 0.395 e. The van der Waals surface area contributed by atoms with Gasteiger partial charge in [0.05, 0.1) is 23.0 Å². The lowest BCUT2D eigenvalue weighted by atomic mass is 10.3. The van der Waals surface area contributed by atoms with Crippen LogP contribution in [0.25, 0.3) is 0 Å². The zero-order valence-corrected chi connectivity index (χ0v) is 10.4. The van der Waals surface area contributed by atoms with Crippen molar-refractivity contribution in [3.63, 3.8) is 0 Å². The molecule has 1 heterocycles. The quantitative estimate of drug-likeness (QED) is 0.826. The molecule has 0 bridgehead atoms. The molecule has 0 aliphatic rings. The molecule has 0 aliphatic heterocycles. The normalized spacial score (nSPS) is 12.6. The molecule has 0 saturated heterocycles. The lowest BCUT2D eigenvalue weighted by Crippen LogP contribution is -2.33. The van der Waals surface area contributed by atoms with E-state index in [1.807, 2.05) is 6.92 Å². The molecule has 0 spiro atoms. The zero-order chi connectivity index (χ0) is 12.3. The number of aromatic nitrogens is 2. The Kier molecular flexibility index (Phi) is 4.32. The molecular weight excluding hydrogens is 230 g/mol. The lowest BCUT2D eigenvalue weighted by molar-refractivity contribution is -0.124. The summed E-state index contributed by atoms with van der Waals surface area (Å²) in [6.45, 7) is 5.53. The van der Waals surface area contributed by atoms with Gasteiger partial charge in [-0.1, -0.05) is 11.6 Å². The van der Waals surface area contributed by atoms with E-state index in [2.05, 4.69) is 10.4 Å². The van der Waals surface area contributed by atoms with Gasteiger partial charge in [0.1, 0.15) is 6.04 Å². The zero-order valence-electron chi connectivity index (χ0n) is 9.62. The number of nitrogens with zero attached hydrogens (tertiary/aromatic N) is 2. The minimum absolute atomic E-state index is 0.0731. The topological polar surface area (TPSA) is 67.2 Å². The van der Waals surface area contributed by atoms with Gasteiger partial charge in [0.25, 0.3) is 0 Å². The molecule has 0 aromatic carbocycles. The van der Waals surface area contributed by atoms with Crippen molar-refractivity contribution in [3.8, 4) is 0 Å². The van der Waals surface area contributed by atoms with Gasteiger partial charge in [-0.25, -0.2) is 0 Å². The summed E-state index contributed by atoms with van der Waals surface area (Å²) < 4.78 is 1.59. The number of hydrogen-bond donors (Lipinski definition) is 2. The number of aliphatic hydroxyl groups is 1. The maximum Gasteiger partial charge on any atom is 0.244 e. The SMILES string of the molecule is Cc1nn(C(C)C(=O)NCCO)c(C)c1Cl. The van der Waals surface area contributed by atoms with Gasteiger partial charge in [0.2, 0.25) is 5.91 Å². The molecule has 0 saturated carbocycles. The Balaban J connectivity index is 2.83. The summed E-state index contributed by atoms with van der Waals surface area (Å²) in [5, 5.41) is 16.0. The predicted octanol–water partition coefficient (Wildman–Crippen LogP) is 0.823. The number of rotatable bonds is 4. The first-order valence-electron chi connectivity index (χ1n) is 5.08. The van der Waals surface area contributed by atoms with Crippen LogP contribution >= 0.6 is 11.6 Å². The highest BCUT2D eigenvalue weighted by Gasteiger charge is 2.19. The number of aliphatic hydroxyl groups excluding tert-OH is 1. The average molecular weight is 246 g/mol. The van der Waals surface area contributed by atoms with Crippen molar-refractivity contribution in [1.82, 2.24) is 15.1 Å². The summed E-state index contributed by atoms with van der Waals surface area (Å²) in [7, 11) is 0. The Morgan fingerprint density at radius 1 is 1.62 bits per heavy atom. The number of aryl methyl sites for hydroxylation is 1. The first kappa shape index (κ1) is 13.0. The summed E-state index contributed by atoms with van der Waals surface area (Å²) in [5.74, 6) is -0.184. The van der Waals surface area contributed by atoms with Gasteiger partial charge in [0, 0.05) is 6.54 Å². The van der Waals surface area contributed by atoms with E-state index in [1.54, 1.807) is 18.5 Å². The Hall–Kier alpha value is -1.07. The third-order valence-corrected chi connectivity index (χ3v) is 2.94. The van der Waals surface area contributed by atoms with E-state index in [-0.39, 0.29) is 19.1 Å². The highest BCUT2D eigenvalue weighted by molar-refractivity contribution is 6.31. The molecule has 2 N–H and O–H groups in total. The average Bonchev–Trinajstić information content (AvgIpc) is 2.52. The van der Waals surface area contributed by atoms with Gasteiger partial charge in [-0.05, 0) is 20.8 Å². The Morgan fingerprint density at radius 3 is 2.69 bits per heavy atom. The second-order valence-corrected chi connectivity index (χ2v) is 4.00. The molecule has 1 amide bonds. The fourth-order valence-electron chi connectivity index (χ4n) is 1.46. The molecule has 6 heteroatoms. The highest BCUT2D eigenvalue weighted by atomic mass is 35.5. The van der Waals surface area contributed by atoms with Crippen LogP contribution in [0.15, 0.2) is 0 Å². The summed E-state index contributed by atoms with van der Waals surface area (Å²) >= 11 is 6.00. The van der Waals surface area contributed by atoms with Crippen LogP contribution in [-0.4, -0.2) is 33.9 Å². The van der Waals surface area contributed by atoms with Crippen molar-refractivity contribution in [2.24, 2.45) is 0 Å². The van der Waals surface area contributed by atoms with Crippen LogP contribution in [0, 0.1) is 13.8 Å². The minimum atomic E-state index is -0.433. The van der Waals surface area contributed by atoms with Gasteiger partial charge >= 0.3 is 0 Å². The van der Waals surface area contributed by atoms with Crippen molar-refractivity contribution in [2.45, 2.75) is 26.8 Å². The second kappa shape index (κ2) is 5.32. The second-order valence-electron chi connectivity index (χ2n) is 3.62. The number of carbonyl (C=O) groups excluding carboxylic acids is 1. The molecule has 0 fully saturated rings. The van der Waals surface area contributed by atoms with E-state index in [0.717, 1.165) is 5.69 Å². The summed E-state index contributed by atoms with van der Waals surface area (Å²) in [4.78, 5) is 11.6. The third kappa shape index (κ3) is 2.54. The van der Waals surface area contributed by atoms with E-state index in [1.165, 1.54) is 0 Å². The van der Waals surface area contributed by atoms with Gasteiger partial charge < -0.3 is 10.4 Å². The number of carbonyl (C=O) groups is 1. The number of hydrogen-bond acceptors (Lipinski definition) is 3. The Morgan fingerprint density at radius 2 is 2.25 bits per heavy atom. The lowest BCUT2D eigenvalue weighted by Gasteiger charge is -2.13. The van der Waals surface area contributed by atoms with Gasteiger partial charge in [-0.15, -0.1) is 0 Å². The molecule has 0 aliphatic carbocycles. The van der Waals surface area contributed by atoms with Crippen LogP contribution in [-0.2, 0) is 4.79 Å². The van der Waals surface area contributed by atoms with E-state index >= 15 is 0 Å². The third-order valence-electron chi connectivity index (χ3n) is 2.39. The Labute approximate surface area is 99.4 Å². The van der Waals surface area contributed by atoms with Crippen LogP contribution in [0.4, 0.5) is 0 Å². The smallest absolute Gasteiger partial charge is 0.244 e. The number of amides is 1. The minimum Gasteiger partial charge on any atom is -0.395 e. The molecule has 1 unspecified atom stereocenters. The van der Waals surface area contributed by atoms with Crippen molar-refractivity contribution in [2.75, 3.05) is 13.2 Å². The number of nitrogens with one attached hydrogen (secondary N) is 1. The summed E-state index contributed by atoms with van der Waals surface area (Å²) in [5.41, 5.74) is 1.48. The monoisotopic (exact) mass is 245 g/mol. The summed E-state index contributed by atoms with van der Waals surface area (Å²) in [6, 6.07) is -0.433. The van der Waals surface area contributed by atoms with Crippen molar-refractivity contribution in [3.05, 3.63) is 16.4 Å². The van der Waals surface area contributed by atoms with Crippen LogP contribution < -0.4 is 5.32 Å². The van der Waals surface area contributed by atoms with Crippen LogP contribution in [0.5, 0.6) is 0 Å². The van der Waals surface area contributed by atoms with Crippen LogP contribution in [0.2, 0.25) is 5.02 Å². The van der Waals surface area contributed by atoms with E-state index in [4.69, 9.17) is 16.7 Å². The van der Waals surface area contributed by atoms with E-state index in [9.17, 15) is 4.79 Å². The number of halogens is 1. The molecule has 0 radical (unpaired) electrons. The maximum absolute atomic E-state index is 11.6. The molecular formula is C10H16ClN3O2. The highest BCUT2D eigenvalue weighted by Crippen LogP contribution is 2.21. The molecule has 1 aromatic heterocycles. The van der Waals surface area contributed by atoms with Gasteiger partial charge in [-0.3, -0.25) is 9.48 Å². The molecule has 1 aromatic rings. The fraction of sp³-hybridized carbons (Fsp3) is 0.600. The molecule has 1 atom stereocenters. The maximum atomic E-state index is 11.6. The van der Waals surface area contributed by atoms with Gasteiger partial charge in [0.15, 0.2) is 0 Å².